The van der Waals surface area contributed by atoms with Crippen LogP contribution in [0, 0.1) is 0 Å². The summed E-state index contributed by atoms with van der Waals surface area (Å²) >= 11 is 0. The molecule has 0 bridgehead atoms. The zero-order valence-electron chi connectivity index (χ0n) is 17.3. The van der Waals surface area contributed by atoms with Gasteiger partial charge in [-0.05, 0) is 25.7 Å². The van der Waals surface area contributed by atoms with Gasteiger partial charge in [0.25, 0.3) is 0 Å². The van der Waals surface area contributed by atoms with Crippen molar-refractivity contribution in [2.75, 3.05) is 0 Å². The smallest absolute Gasteiger partial charge is 0.220 e. The molecule has 26 heavy (non-hydrogen) atoms. The highest BCUT2D eigenvalue weighted by atomic mass is 16.2. The molecule has 0 spiro atoms. The summed E-state index contributed by atoms with van der Waals surface area (Å²) in [5.74, 6) is 0.319. The molecule has 0 heterocycles. The highest BCUT2D eigenvalue weighted by Crippen LogP contribution is 2.19. The van der Waals surface area contributed by atoms with Gasteiger partial charge in [-0.3, -0.25) is 9.59 Å². The minimum atomic E-state index is 0.121. The van der Waals surface area contributed by atoms with Crippen LogP contribution in [0.1, 0.15) is 117 Å². The Labute approximate surface area is 161 Å². The monoisotopic (exact) mass is 366 g/mol. The lowest BCUT2D eigenvalue weighted by Crippen LogP contribution is -2.53. The molecule has 152 valence electrons. The van der Waals surface area contributed by atoms with Crippen molar-refractivity contribution in [3.63, 3.8) is 0 Å². The van der Waals surface area contributed by atoms with Crippen molar-refractivity contribution in [3.8, 4) is 0 Å². The van der Waals surface area contributed by atoms with Crippen LogP contribution in [0.15, 0.2) is 0 Å². The SMILES string of the molecule is CCCCCCCC(=O)NC1CCCCC1NC(=O)CCCCCCC. The molecule has 0 aromatic carbocycles. The molecule has 1 saturated carbocycles. The topological polar surface area (TPSA) is 58.2 Å². The Bertz CT molecular complexity index is 348. The summed E-state index contributed by atoms with van der Waals surface area (Å²) in [6.45, 7) is 4.41. The van der Waals surface area contributed by atoms with E-state index in [9.17, 15) is 9.59 Å². The summed E-state index contributed by atoms with van der Waals surface area (Å²) in [6, 6.07) is 0.242. The van der Waals surface area contributed by atoms with Crippen molar-refractivity contribution in [2.45, 2.75) is 129 Å². The maximum atomic E-state index is 12.2. The van der Waals surface area contributed by atoms with E-state index >= 15 is 0 Å². The molecule has 0 aromatic heterocycles. The van der Waals surface area contributed by atoms with Crippen LogP contribution in [0.2, 0.25) is 0 Å². The molecule has 0 saturated heterocycles. The molecule has 0 aliphatic heterocycles. The van der Waals surface area contributed by atoms with Crippen LogP contribution in [-0.4, -0.2) is 23.9 Å². The molecule has 1 fully saturated rings. The zero-order valence-corrected chi connectivity index (χ0v) is 17.3. The van der Waals surface area contributed by atoms with E-state index < -0.39 is 0 Å². The van der Waals surface area contributed by atoms with Crippen molar-refractivity contribution < 1.29 is 9.59 Å². The van der Waals surface area contributed by atoms with E-state index in [0.29, 0.717) is 12.8 Å². The molecular weight excluding hydrogens is 324 g/mol. The summed E-state index contributed by atoms with van der Waals surface area (Å²) in [7, 11) is 0. The van der Waals surface area contributed by atoms with Gasteiger partial charge in [0.15, 0.2) is 0 Å². The van der Waals surface area contributed by atoms with Crippen LogP contribution in [0.3, 0.4) is 0 Å². The molecule has 1 rings (SSSR count). The van der Waals surface area contributed by atoms with Crippen molar-refractivity contribution in [1.29, 1.82) is 0 Å². The third kappa shape index (κ3) is 10.8. The Kier molecular flexibility index (Phi) is 13.3. The summed E-state index contributed by atoms with van der Waals surface area (Å²) in [5, 5.41) is 6.39. The third-order valence-corrected chi connectivity index (χ3v) is 5.47. The number of hydrogen-bond donors (Lipinski definition) is 2. The summed E-state index contributed by atoms with van der Waals surface area (Å²) in [6.07, 6.45) is 17.2. The second-order valence-electron chi connectivity index (χ2n) is 7.96. The fourth-order valence-corrected chi connectivity index (χ4v) is 3.81. The van der Waals surface area contributed by atoms with Gasteiger partial charge in [0.2, 0.25) is 11.8 Å². The van der Waals surface area contributed by atoms with E-state index in [2.05, 4.69) is 24.5 Å². The number of rotatable bonds is 14. The highest BCUT2D eigenvalue weighted by Gasteiger charge is 2.27. The quantitative estimate of drug-likeness (QED) is 0.412. The number of hydrogen-bond acceptors (Lipinski definition) is 2. The number of carbonyl (C=O) groups excluding carboxylic acids is 2. The molecular formula is C22H42N2O2. The molecule has 2 N–H and O–H groups in total. The number of nitrogens with one attached hydrogen (secondary N) is 2. The zero-order chi connectivity index (χ0) is 19.0. The van der Waals surface area contributed by atoms with Crippen LogP contribution in [-0.2, 0) is 9.59 Å². The number of unbranched alkanes of at least 4 members (excludes halogenated alkanes) is 8. The molecule has 0 radical (unpaired) electrons. The molecule has 4 heteroatoms. The summed E-state index contributed by atoms with van der Waals surface area (Å²) in [5.41, 5.74) is 0. The minimum Gasteiger partial charge on any atom is -0.351 e. The van der Waals surface area contributed by atoms with Gasteiger partial charge in [0.1, 0.15) is 0 Å². The normalized spacial score (nSPS) is 19.9. The van der Waals surface area contributed by atoms with Gasteiger partial charge in [-0.2, -0.15) is 0 Å². The first-order valence-electron chi connectivity index (χ1n) is 11.3. The predicted octanol–water partition coefficient (Wildman–Crippen LogP) is 5.25. The van der Waals surface area contributed by atoms with Gasteiger partial charge in [-0.15, -0.1) is 0 Å². The van der Waals surface area contributed by atoms with Crippen LogP contribution >= 0.6 is 0 Å². The average Bonchev–Trinajstić information content (AvgIpc) is 2.63. The number of carbonyl (C=O) groups is 2. The Morgan fingerprint density at radius 2 is 1.04 bits per heavy atom. The van der Waals surface area contributed by atoms with Crippen LogP contribution < -0.4 is 10.6 Å². The van der Waals surface area contributed by atoms with Gasteiger partial charge in [0.05, 0.1) is 0 Å². The molecule has 4 nitrogen and oxygen atoms in total. The maximum absolute atomic E-state index is 12.2. The minimum absolute atomic E-state index is 0.121. The molecule has 2 amide bonds. The summed E-state index contributed by atoms with van der Waals surface area (Å²) in [4.78, 5) is 24.4. The highest BCUT2D eigenvalue weighted by molar-refractivity contribution is 5.77. The van der Waals surface area contributed by atoms with E-state index in [4.69, 9.17) is 0 Å². The van der Waals surface area contributed by atoms with Crippen molar-refractivity contribution in [3.05, 3.63) is 0 Å². The van der Waals surface area contributed by atoms with Gasteiger partial charge in [0, 0.05) is 24.9 Å². The second kappa shape index (κ2) is 15.0. The van der Waals surface area contributed by atoms with Gasteiger partial charge in [-0.1, -0.05) is 78.1 Å². The molecule has 1 aliphatic carbocycles. The third-order valence-electron chi connectivity index (χ3n) is 5.47. The van der Waals surface area contributed by atoms with Gasteiger partial charge < -0.3 is 10.6 Å². The lowest BCUT2D eigenvalue weighted by atomic mass is 9.90. The first-order chi connectivity index (χ1) is 12.7. The van der Waals surface area contributed by atoms with Crippen molar-refractivity contribution >= 4 is 11.8 Å². The van der Waals surface area contributed by atoms with Gasteiger partial charge in [-0.25, -0.2) is 0 Å². The first kappa shape index (κ1) is 23.0. The van der Waals surface area contributed by atoms with E-state index in [1.165, 1.54) is 38.5 Å². The fourth-order valence-electron chi connectivity index (χ4n) is 3.81. The van der Waals surface area contributed by atoms with Crippen molar-refractivity contribution in [1.82, 2.24) is 10.6 Å². The van der Waals surface area contributed by atoms with Crippen LogP contribution in [0.5, 0.6) is 0 Å². The fraction of sp³-hybridized carbons (Fsp3) is 0.909. The molecule has 2 unspecified atom stereocenters. The van der Waals surface area contributed by atoms with E-state index in [1.54, 1.807) is 0 Å². The maximum Gasteiger partial charge on any atom is 0.220 e. The molecule has 2 atom stereocenters. The molecule has 0 aromatic rings. The summed E-state index contributed by atoms with van der Waals surface area (Å²) < 4.78 is 0. The Morgan fingerprint density at radius 3 is 1.42 bits per heavy atom. The first-order valence-corrected chi connectivity index (χ1v) is 11.3. The Morgan fingerprint density at radius 1 is 0.654 bits per heavy atom. The average molecular weight is 367 g/mol. The lowest BCUT2D eigenvalue weighted by molar-refractivity contribution is -0.125. The standard InChI is InChI=1S/C22H42N2O2/c1-3-5-7-9-11-17-21(25)23-19-15-13-14-16-20(19)24-22(26)18-12-10-8-6-4-2/h19-20H,3-18H2,1-2H3,(H,23,25)(H,24,26). The van der Waals surface area contributed by atoms with E-state index in [1.807, 2.05) is 0 Å². The van der Waals surface area contributed by atoms with Crippen molar-refractivity contribution in [2.24, 2.45) is 0 Å². The largest absolute Gasteiger partial charge is 0.351 e. The van der Waals surface area contributed by atoms with Gasteiger partial charge >= 0.3 is 0 Å². The molecule has 1 aliphatic rings. The predicted molar refractivity (Wildman–Crippen MR) is 109 cm³/mol. The second-order valence-corrected chi connectivity index (χ2v) is 7.96. The van der Waals surface area contributed by atoms with Crippen LogP contribution in [0.25, 0.3) is 0 Å². The van der Waals surface area contributed by atoms with E-state index in [0.717, 1.165) is 51.4 Å². The van der Waals surface area contributed by atoms with Crippen LogP contribution in [0.4, 0.5) is 0 Å². The Hall–Kier alpha value is -1.06. The van der Waals surface area contributed by atoms with E-state index in [-0.39, 0.29) is 23.9 Å². The number of amides is 2. The lowest BCUT2D eigenvalue weighted by Gasteiger charge is -2.33. The Balaban J connectivity index is 2.25.